The fourth-order valence-corrected chi connectivity index (χ4v) is 1.83. The van der Waals surface area contributed by atoms with E-state index in [9.17, 15) is 8.42 Å². The van der Waals surface area contributed by atoms with Gasteiger partial charge in [0.05, 0.1) is 21.3 Å². The summed E-state index contributed by atoms with van der Waals surface area (Å²) in [6.07, 6.45) is 0.832. The van der Waals surface area contributed by atoms with E-state index in [1.807, 2.05) is 0 Å². The fourth-order valence-electron chi connectivity index (χ4n) is 1.21. The Morgan fingerprint density at radius 2 is 2.44 bits per heavy atom. The first-order valence-electron chi connectivity index (χ1n) is 7.24. The van der Waals surface area contributed by atoms with Crippen LogP contribution in [0.15, 0.2) is 12.3 Å². The van der Waals surface area contributed by atoms with Crippen LogP contribution in [0, 0.1) is 11.3 Å². The van der Waals surface area contributed by atoms with Gasteiger partial charge in [-0.2, -0.15) is 13.7 Å². The van der Waals surface area contributed by atoms with Gasteiger partial charge in [-0.15, -0.1) is 0 Å². The predicted molar refractivity (Wildman–Crippen MR) is 64.5 cm³/mol. The lowest BCUT2D eigenvalue weighted by atomic mass is 10.2. The van der Waals surface area contributed by atoms with Gasteiger partial charge in [-0.05, 0) is 13.8 Å². The average Bonchev–Trinajstić information content (AvgIpc) is 2.34. The van der Waals surface area contributed by atoms with Gasteiger partial charge in [-0.1, -0.05) is 0 Å². The van der Waals surface area contributed by atoms with Crippen molar-refractivity contribution < 1.29 is 24.2 Å². The van der Waals surface area contributed by atoms with E-state index in [0.29, 0.717) is 0 Å². The molecule has 0 aromatic carbocycles. The van der Waals surface area contributed by atoms with Crippen molar-refractivity contribution in [2.24, 2.45) is 0 Å². The third-order valence-corrected chi connectivity index (χ3v) is 2.54. The minimum Gasteiger partial charge on any atom is -0.492 e. The van der Waals surface area contributed by atoms with E-state index in [4.69, 9.17) is 21.0 Å². The summed E-state index contributed by atoms with van der Waals surface area (Å²) in [5.74, 6) is -0.373. The Morgan fingerprint density at radius 1 is 1.72 bits per heavy atom. The lowest BCUT2D eigenvalue weighted by Crippen LogP contribution is -2.09. The molecule has 6 nitrogen and oxygen atoms in total. The minimum atomic E-state index is -3.77. The molecule has 1 aromatic rings. The maximum atomic E-state index is 11.1. The van der Waals surface area contributed by atoms with E-state index in [1.165, 1.54) is 6.92 Å². The molecule has 98 valence electrons. The highest BCUT2D eigenvalue weighted by molar-refractivity contribution is 7.86. The van der Waals surface area contributed by atoms with Crippen molar-refractivity contribution in [1.82, 2.24) is 4.98 Å². The number of ether oxygens (including phenoxy) is 1. The second kappa shape index (κ2) is 5.80. The normalized spacial score (nSPS) is 18.4. The minimum absolute atomic E-state index is 0.0331. The van der Waals surface area contributed by atoms with E-state index in [1.54, 1.807) is 6.07 Å². The summed E-state index contributed by atoms with van der Waals surface area (Å²) >= 11 is 0. The molecule has 1 atom stereocenters. The average molecular weight is 275 g/mol. The second-order valence-corrected chi connectivity index (χ2v) is 4.96. The van der Waals surface area contributed by atoms with Crippen molar-refractivity contribution >= 4 is 10.1 Å². The van der Waals surface area contributed by atoms with Gasteiger partial charge in [0.25, 0.3) is 10.1 Å². The standard InChI is InChI=1S/C11H14N2O4S/c1-4-16-11-5-10(13-7-9(11)6-12)8(2)17-18(3,14)15/h5,7-8H,4H2,1-3H3/i1D3,4D2. The molecule has 0 aliphatic heterocycles. The first-order valence-corrected chi connectivity index (χ1v) is 6.56. The van der Waals surface area contributed by atoms with Crippen LogP contribution in [-0.4, -0.2) is 26.2 Å². The maximum absolute atomic E-state index is 11.1. The molecule has 0 fully saturated rings. The fraction of sp³-hybridized carbons (Fsp3) is 0.455. The highest BCUT2D eigenvalue weighted by atomic mass is 32.2. The molecule has 0 aliphatic rings. The van der Waals surface area contributed by atoms with Crippen molar-refractivity contribution in [2.75, 3.05) is 12.8 Å². The van der Waals surface area contributed by atoms with Gasteiger partial charge in [0, 0.05) is 16.4 Å². The molecule has 0 radical (unpaired) electrons. The topological polar surface area (TPSA) is 89.3 Å². The molecule has 0 N–H and O–H groups in total. The highest BCUT2D eigenvalue weighted by Crippen LogP contribution is 2.24. The van der Waals surface area contributed by atoms with Gasteiger partial charge < -0.3 is 4.74 Å². The van der Waals surface area contributed by atoms with Crippen LogP contribution in [-0.2, 0) is 14.3 Å². The zero-order valence-electron chi connectivity index (χ0n) is 14.7. The molecule has 7 heteroatoms. The number of nitrogens with zero attached hydrogens (tertiary/aromatic N) is 2. The van der Waals surface area contributed by atoms with Crippen molar-refractivity contribution in [3.8, 4) is 11.8 Å². The Bertz CT molecular complexity index is 727. The molecule has 0 amide bonds. The molecule has 1 unspecified atom stereocenters. The van der Waals surface area contributed by atoms with Crippen molar-refractivity contribution in [3.05, 3.63) is 23.5 Å². The van der Waals surface area contributed by atoms with Gasteiger partial charge >= 0.3 is 0 Å². The Labute approximate surface area is 113 Å². The Balaban J connectivity index is 3.22. The lowest BCUT2D eigenvalue weighted by molar-refractivity contribution is 0.230. The van der Waals surface area contributed by atoms with Crippen LogP contribution < -0.4 is 4.74 Å². The first kappa shape index (κ1) is 8.45. The summed E-state index contributed by atoms with van der Waals surface area (Å²) in [4.78, 5) is 3.83. The van der Waals surface area contributed by atoms with E-state index < -0.39 is 29.6 Å². The molecule has 0 spiro atoms. The highest BCUT2D eigenvalue weighted by Gasteiger charge is 2.16. The van der Waals surface area contributed by atoms with Crippen molar-refractivity contribution in [1.29, 1.82) is 5.26 Å². The largest absolute Gasteiger partial charge is 0.492 e. The lowest BCUT2D eigenvalue weighted by Gasteiger charge is -2.12. The SMILES string of the molecule is [2H]C([2H])([2H])C([2H])([2H])Oc1cc(C(C)OS(C)(=O)=O)ncc1C#N. The van der Waals surface area contributed by atoms with Crippen LogP contribution >= 0.6 is 0 Å². The van der Waals surface area contributed by atoms with E-state index in [2.05, 4.69) is 4.98 Å². The van der Waals surface area contributed by atoms with Crippen LogP contribution in [0.25, 0.3) is 0 Å². The smallest absolute Gasteiger partial charge is 0.265 e. The Morgan fingerprint density at radius 3 is 3.00 bits per heavy atom. The van der Waals surface area contributed by atoms with Crippen LogP contribution in [0.5, 0.6) is 5.75 Å². The molecule has 18 heavy (non-hydrogen) atoms. The number of hydrogen-bond donors (Lipinski definition) is 0. The molecule has 0 saturated carbocycles. The van der Waals surface area contributed by atoms with E-state index in [0.717, 1.165) is 18.5 Å². The number of aromatic nitrogens is 1. The van der Waals surface area contributed by atoms with Crippen molar-refractivity contribution in [2.45, 2.75) is 19.9 Å². The summed E-state index contributed by atoms with van der Waals surface area (Å²) in [5, 5.41) is 8.97. The summed E-state index contributed by atoms with van der Waals surface area (Å²) in [6.45, 7) is -4.76. The summed E-state index contributed by atoms with van der Waals surface area (Å²) in [5.41, 5.74) is -0.167. The van der Waals surface area contributed by atoms with Gasteiger partial charge in [0.15, 0.2) is 0 Å². The zero-order chi connectivity index (χ0) is 18.1. The zero-order valence-corrected chi connectivity index (χ0v) is 10.5. The summed E-state index contributed by atoms with van der Waals surface area (Å²) in [6, 6.07) is 2.75. The van der Waals surface area contributed by atoms with Gasteiger partial charge in [0.2, 0.25) is 0 Å². The van der Waals surface area contributed by atoms with Crippen LogP contribution in [0.4, 0.5) is 0 Å². The first-order chi connectivity index (χ1) is 10.3. The molecule has 1 aromatic heterocycles. The molecular formula is C11H14N2O4S. The third kappa shape index (κ3) is 3.98. The second-order valence-electron chi connectivity index (χ2n) is 3.36. The predicted octanol–water partition coefficient (Wildman–Crippen LogP) is 1.39. The Kier molecular flexibility index (Phi) is 2.72. The molecule has 0 aliphatic carbocycles. The number of rotatable bonds is 5. The van der Waals surface area contributed by atoms with Crippen LogP contribution in [0.3, 0.4) is 0 Å². The van der Waals surface area contributed by atoms with Crippen LogP contribution in [0.2, 0.25) is 0 Å². The van der Waals surface area contributed by atoms with E-state index >= 15 is 0 Å². The number of pyridine rings is 1. The van der Waals surface area contributed by atoms with Gasteiger partial charge in [-0.3, -0.25) is 9.17 Å². The molecule has 0 saturated heterocycles. The van der Waals surface area contributed by atoms with Gasteiger partial charge in [-0.25, -0.2) is 0 Å². The summed E-state index contributed by atoms with van der Waals surface area (Å²) in [7, 11) is -3.77. The number of nitriles is 1. The van der Waals surface area contributed by atoms with E-state index in [-0.39, 0.29) is 17.0 Å². The van der Waals surface area contributed by atoms with Crippen LogP contribution in [0.1, 0.15) is 38.0 Å². The molecule has 0 bridgehead atoms. The monoisotopic (exact) mass is 275 g/mol. The maximum Gasteiger partial charge on any atom is 0.265 e. The molecule has 1 heterocycles. The molecular weight excluding hydrogens is 256 g/mol. The Hall–Kier alpha value is -1.65. The van der Waals surface area contributed by atoms with Gasteiger partial charge in [0.1, 0.15) is 23.5 Å². The molecule has 1 rings (SSSR count). The quantitative estimate of drug-likeness (QED) is 0.754. The third-order valence-electron chi connectivity index (χ3n) is 1.90. The van der Waals surface area contributed by atoms with Crippen molar-refractivity contribution in [3.63, 3.8) is 0 Å². The number of hydrogen-bond acceptors (Lipinski definition) is 6. The summed E-state index contributed by atoms with van der Waals surface area (Å²) < 4.78 is 67.9.